The van der Waals surface area contributed by atoms with Crippen LogP contribution >= 0.6 is 0 Å². The zero-order valence-corrected chi connectivity index (χ0v) is 17.2. The molecule has 4 rings (SSSR count). The highest BCUT2D eigenvalue weighted by atomic mass is 32.3. The molecular weight excluding hydrogens is 392 g/mol. The summed E-state index contributed by atoms with van der Waals surface area (Å²) in [5.74, 6) is 0. The van der Waals surface area contributed by atoms with Crippen molar-refractivity contribution in [3.8, 4) is 0 Å². The van der Waals surface area contributed by atoms with Crippen LogP contribution in [0.15, 0.2) is 66.3 Å². The van der Waals surface area contributed by atoms with Gasteiger partial charge in [-0.3, -0.25) is 4.18 Å². The molecule has 152 valence electrons. The van der Waals surface area contributed by atoms with E-state index in [1.165, 1.54) is 5.57 Å². The summed E-state index contributed by atoms with van der Waals surface area (Å²) >= 11 is 0. The van der Waals surface area contributed by atoms with Gasteiger partial charge in [-0.25, -0.2) is 18.4 Å². The molecular formula is C21H22N2O5S. The van der Waals surface area contributed by atoms with E-state index in [2.05, 4.69) is 52.5 Å². The summed E-state index contributed by atoms with van der Waals surface area (Å²) in [4.78, 5) is 8.35. The van der Waals surface area contributed by atoms with E-state index in [0.29, 0.717) is 0 Å². The number of H-pyrrole nitrogens is 1. The summed E-state index contributed by atoms with van der Waals surface area (Å²) in [5, 5.41) is 0. The van der Waals surface area contributed by atoms with Crippen molar-refractivity contribution in [3.63, 3.8) is 0 Å². The molecule has 1 N–H and O–H groups in total. The van der Waals surface area contributed by atoms with Gasteiger partial charge in [0.25, 0.3) is 0 Å². The molecule has 1 unspecified atom stereocenters. The highest BCUT2D eigenvalue weighted by Gasteiger charge is 2.34. The lowest BCUT2D eigenvalue weighted by molar-refractivity contribution is -0.312. The van der Waals surface area contributed by atoms with Crippen molar-refractivity contribution >= 4 is 32.5 Å². The third-order valence-electron chi connectivity index (χ3n) is 4.73. The molecule has 1 aromatic heterocycles. The second kappa shape index (κ2) is 8.38. The smallest absolute Gasteiger partial charge is 0.236 e. The number of fused-ring (bicyclic) bond motifs is 2. The van der Waals surface area contributed by atoms with Crippen molar-refractivity contribution in [2.75, 3.05) is 14.2 Å². The SMILES string of the molecule is COC1(c2cccc3nc4ccccc4[nH+]c23)C=C(C)C=CC1.COS(=O)(=O)[O-]. The van der Waals surface area contributed by atoms with E-state index in [0.717, 1.165) is 41.2 Å². The van der Waals surface area contributed by atoms with E-state index in [1.54, 1.807) is 7.11 Å². The molecule has 3 aromatic rings. The van der Waals surface area contributed by atoms with Crippen molar-refractivity contribution in [2.45, 2.75) is 18.9 Å². The average Bonchev–Trinajstić information content (AvgIpc) is 2.71. The number of ether oxygens (including phenoxy) is 1. The molecule has 0 amide bonds. The molecule has 0 aliphatic heterocycles. The predicted octanol–water partition coefficient (Wildman–Crippen LogP) is 3.04. The van der Waals surface area contributed by atoms with Gasteiger partial charge in [-0.1, -0.05) is 35.9 Å². The van der Waals surface area contributed by atoms with Gasteiger partial charge in [0.05, 0.1) is 12.7 Å². The van der Waals surface area contributed by atoms with E-state index < -0.39 is 16.0 Å². The first kappa shape index (κ1) is 21.1. The Morgan fingerprint density at radius 3 is 2.45 bits per heavy atom. The number of hydrogen-bond donors (Lipinski definition) is 0. The standard InChI is InChI=1S/C20H18N2O.CH4O4S/c1-14-7-6-12-20(13-14,23-2)15-8-5-11-18-19(15)22-17-10-4-3-9-16(17)21-18;1-5-6(2,3)4/h3-11,13H,12H2,1-2H3;1H3,(H,2,3,4). The Kier molecular flexibility index (Phi) is 6.09. The Hall–Kier alpha value is -2.65. The van der Waals surface area contributed by atoms with Gasteiger partial charge in [-0.05, 0) is 31.2 Å². The van der Waals surface area contributed by atoms with Crippen LogP contribution in [0.2, 0.25) is 0 Å². The van der Waals surface area contributed by atoms with Gasteiger partial charge in [0, 0.05) is 19.6 Å². The van der Waals surface area contributed by atoms with Crippen LogP contribution in [-0.2, 0) is 24.9 Å². The maximum absolute atomic E-state index is 9.22. The molecule has 1 atom stereocenters. The number of nitrogens with zero attached hydrogens (tertiary/aromatic N) is 1. The van der Waals surface area contributed by atoms with Crippen molar-refractivity contribution in [3.05, 3.63) is 71.8 Å². The quantitative estimate of drug-likeness (QED) is 0.371. The number of rotatable bonds is 3. The van der Waals surface area contributed by atoms with E-state index in [9.17, 15) is 13.0 Å². The van der Waals surface area contributed by atoms with Crippen LogP contribution in [0.1, 0.15) is 18.9 Å². The van der Waals surface area contributed by atoms with Crippen LogP contribution in [0.4, 0.5) is 0 Å². The van der Waals surface area contributed by atoms with Crippen LogP contribution in [0.5, 0.6) is 0 Å². The molecule has 1 heterocycles. The Morgan fingerprint density at radius 1 is 1.10 bits per heavy atom. The summed E-state index contributed by atoms with van der Waals surface area (Å²) in [6.07, 6.45) is 7.33. The van der Waals surface area contributed by atoms with Crippen LogP contribution < -0.4 is 4.98 Å². The molecule has 0 saturated heterocycles. The zero-order valence-electron chi connectivity index (χ0n) is 16.4. The lowest BCUT2D eigenvalue weighted by Gasteiger charge is -2.30. The minimum atomic E-state index is -4.41. The minimum absolute atomic E-state index is 0.445. The van der Waals surface area contributed by atoms with E-state index >= 15 is 0 Å². The molecule has 0 radical (unpaired) electrons. The second-order valence-corrected chi connectivity index (χ2v) is 7.77. The molecule has 1 aliphatic rings. The predicted molar refractivity (Wildman–Crippen MR) is 109 cm³/mol. The number of aromatic amines is 1. The first-order valence-corrected chi connectivity index (χ1v) is 10.3. The van der Waals surface area contributed by atoms with Gasteiger partial charge >= 0.3 is 0 Å². The van der Waals surface area contributed by atoms with Crippen LogP contribution in [0, 0.1) is 0 Å². The van der Waals surface area contributed by atoms with Crippen LogP contribution in [0.3, 0.4) is 0 Å². The number of hydrogen-bond acceptors (Lipinski definition) is 6. The number of aromatic nitrogens is 2. The fraction of sp³-hybridized carbons (Fsp3) is 0.238. The zero-order chi connectivity index (χ0) is 21.1. The van der Waals surface area contributed by atoms with Crippen LogP contribution in [0.25, 0.3) is 22.1 Å². The topological polar surface area (TPSA) is 103 Å². The van der Waals surface area contributed by atoms with Crippen molar-refractivity contribution in [1.29, 1.82) is 0 Å². The molecule has 0 spiro atoms. The van der Waals surface area contributed by atoms with Gasteiger partial charge in [-0.15, -0.1) is 0 Å². The molecule has 7 nitrogen and oxygen atoms in total. The summed E-state index contributed by atoms with van der Waals surface area (Å²) in [6, 6.07) is 14.3. The first-order chi connectivity index (χ1) is 13.8. The van der Waals surface area contributed by atoms with Gasteiger partial charge in [0.15, 0.2) is 0 Å². The lowest BCUT2D eigenvalue weighted by atomic mass is 9.84. The monoisotopic (exact) mass is 414 g/mol. The maximum atomic E-state index is 9.22. The largest absolute Gasteiger partial charge is 0.726 e. The molecule has 29 heavy (non-hydrogen) atoms. The number of benzene rings is 2. The third-order valence-corrected chi connectivity index (χ3v) is 5.14. The van der Waals surface area contributed by atoms with Crippen molar-refractivity contribution < 1.29 is 26.9 Å². The summed E-state index contributed by atoms with van der Waals surface area (Å²) in [6.45, 7) is 2.10. The lowest BCUT2D eigenvalue weighted by Crippen LogP contribution is -2.29. The summed E-state index contributed by atoms with van der Waals surface area (Å²) < 4.78 is 37.0. The molecule has 0 saturated carbocycles. The Balaban J connectivity index is 0.000000353. The number of para-hydroxylation sites is 3. The molecule has 8 heteroatoms. The highest BCUT2D eigenvalue weighted by molar-refractivity contribution is 7.80. The highest BCUT2D eigenvalue weighted by Crippen LogP contribution is 2.37. The Bertz CT molecular complexity index is 1200. The Labute approximate surface area is 169 Å². The molecule has 1 aliphatic carbocycles. The van der Waals surface area contributed by atoms with Crippen molar-refractivity contribution in [1.82, 2.24) is 4.98 Å². The first-order valence-electron chi connectivity index (χ1n) is 8.92. The van der Waals surface area contributed by atoms with E-state index in [4.69, 9.17) is 9.72 Å². The van der Waals surface area contributed by atoms with E-state index in [1.807, 2.05) is 24.3 Å². The maximum Gasteiger partial charge on any atom is 0.236 e. The third kappa shape index (κ3) is 4.68. The van der Waals surface area contributed by atoms with Gasteiger partial charge in [0.1, 0.15) is 16.6 Å². The fourth-order valence-corrected chi connectivity index (χ4v) is 3.39. The average molecular weight is 414 g/mol. The second-order valence-electron chi connectivity index (χ2n) is 6.62. The number of nitrogens with one attached hydrogen (secondary N) is 1. The Morgan fingerprint density at radius 2 is 1.79 bits per heavy atom. The molecule has 0 bridgehead atoms. The molecule has 2 aromatic carbocycles. The van der Waals surface area contributed by atoms with Gasteiger partial charge in [-0.2, -0.15) is 0 Å². The van der Waals surface area contributed by atoms with Crippen molar-refractivity contribution in [2.24, 2.45) is 0 Å². The van der Waals surface area contributed by atoms with Gasteiger partial charge < -0.3 is 9.29 Å². The van der Waals surface area contributed by atoms with Gasteiger partial charge in [0.2, 0.25) is 21.4 Å². The number of methoxy groups -OCH3 is 1. The number of allylic oxidation sites excluding steroid dienone is 2. The normalized spacial score (nSPS) is 19.0. The minimum Gasteiger partial charge on any atom is -0.726 e. The fourth-order valence-electron chi connectivity index (χ4n) is 3.39. The van der Waals surface area contributed by atoms with Crippen LogP contribution in [-0.4, -0.2) is 32.2 Å². The van der Waals surface area contributed by atoms with E-state index in [-0.39, 0.29) is 0 Å². The summed E-state index contributed by atoms with van der Waals surface area (Å²) in [7, 11) is -1.83. The summed E-state index contributed by atoms with van der Waals surface area (Å²) in [5.41, 5.74) is 5.89. The molecule has 0 fully saturated rings.